The van der Waals surface area contributed by atoms with Gasteiger partial charge in [0.15, 0.2) is 0 Å². The van der Waals surface area contributed by atoms with Crippen LogP contribution in [0.2, 0.25) is 0 Å². The Bertz CT molecular complexity index is 535. The third-order valence-electron chi connectivity index (χ3n) is 4.79. The van der Waals surface area contributed by atoms with E-state index >= 15 is 0 Å². The molecule has 6 heteroatoms. The molecule has 4 atom stereocenters. The van der Waals surface area contributed by atoms with Gasteiger partial charge in [-0.25, -0.2) is 8.78 Å². The van der Waals surface area contributed by atoms with E-state index in [1.807, 2.05) is 0 Å². The molecule has 3 rings (SSSR count). The number of carbonyl (C=O) groups is 1. The predicted octanol–water partition coefficient (Wildman–Crippen LogP) is 2.73. The van der Waals surface area contributed by atoms with Crippen molar-refractivity contribution in [2.24, 2.45) is 17.6 Å². The number of halogens is 3. The Morgan fingerprint density at radius 1 is 1.27 bits per heavy atom. The molecule has 0 bridgehead atoms. The predicted molar refractivity (Wildman–Crippen MR) is 82.8 cm³/mol. The Morgan fingerprint density at radius 2 is 1.95 bits per heavy atom. The van der Waals surface area contributed by atoms with Crippen LogP contribution in [0.4, 0.5) is 8.78 Å². The summed E-state index contributed by atoms with van der Waals surface area (Å²) in [4.78, 5) is 12.2. The Kier molecular flexibility index (Phi) is 5.40. The lowest BCUT2D eigenvalue weighted by atomic mass is 10.0. The van der Waals surface area contributed by atoms with E-state index in [1.54, 1.807) is 0 Å². The molecule has 4 unspecified atom stereocenters. The number of rotatable bonds is 4. The highest BCUT2D eigenvalue weighted by Crippen LogP contribution is 2.49. The van der Waals surface area contributed by atoms with Crippen LogP contribution in [0.25, 0.3) is 0 Å². The van der Waals surface area contributed by atoms with Gasteiger partial charge in [-0.1, -0.05) is 12.5 Å². The van der Waals surface area contributed by atoms with Gasteiger partial charge in [0.2, 0.25) is 5.91 Å². The van der Waals surface area contributed by atoms with Gasteiger partial charge in [0.25, 0.3) is 0 Å². The molecule has 0 spiro atoms. The smallest absolute Gasteiger partial charge is 0.223 e. The lowest BCUT2D eigenvalue weighted by Gasteiger charge is -2.19. The third-order valence-corrected chi connectivity index (χ3v) is 4.79. The molecule has 1 amide bonds. The van der Waals surface area contributed by atoms with E-state index in [-0.39, 0.29) is 41.8 Å². The molecule has 2 saturated carbocycles. The van der Waals surface area contributed by atoms with Crippen molar-refractivity contribution in [2.45, 2.75) is 37.6 Å². The largest absolute Gasteiger partial charge is 0.353 e. The summed E-state index contributed by atoms with van der Waals surface area (Å²) in [7, 11) is 0. The van der Waals surface area contributed by atoms with Crippen LogP contribution in [-0.4, -0.2) is 18.5 Å². The summed E-state index contributed by atoms with van der Waals surface area (Å²) in [6.07, 6.45) is 3.57. The average molecular weight is 331 g/mol. The zero-order valence-electron chi connectivity index (χ0n) is 12.2. The standard InChI is InChI=1S/C16H20F2N2O.ClH/c17-12-4-2-5-13(18)15(12)10-7-11(10)16(21)20-14-6-1-3-9(14)8-19;/h2,4-5,9-11,14H,1,3,6-8,19H2,(H,20,21);1H. The topological polar surface area (TPSA) is 55.1 Å². The Balaban J connectivity index is 0.00000176. The first-order chi connectivity index (χ1) is 10.1. The Morgan fingerprint density at radius 3 is 2.59 bits per heavy atom. The molecule has 2 aliphatic rings. The monoisotopic (exact) mass is 330 g/mol. The molecule has 1 aromatic carbocycles. The molecule has 0 radical (unpaired) electrons. The van der Waals surface area contributed by atoms with Gasteiger partial charge in [-0.2, -0.15) is 0 Å². The van der Waals surface area contributed by atoms with Crippen molar-refractivity contribution in [3.63, 3.8) is 0 Å². The summed E-state index contributed by atoms with van der Waals surface area (Å²) in [5.74, 6) is -1.52. The molecule has 3 N–H and O–H groups in total. The highest BCUT2D eigenvalue weighted by molar-refractivity contribution is 5.85. The molecule has 0 saturated heterocycles. The molecule has 0 aromatic heterocycles. The molecule has 122 valence electrons. The molecule has 22 heavy (non-hydrogen) atoms. The van der Waals surface area contributed by atoms with Crippen molar-refractivity contribution in [3.8, 4) is 0 Å². The minimum atomic E-state index is -0.559. The maximum absolute atomic E-state index is 13.7. The average Bonchev–Trinajstić information content (AvgIpc) is 3.10. The fourth-order valence-electron chi connectivity index (χ4n) is 3.47. The maximum Gasteiger partial charge on any atom is 0.223 e. The number of nitrogens with two attached hydrogens (primary N) is 1. The van der Waals surface area contributed by atoms with E-state index in [2.05, 4.69) is 5.32 Å². The second-order valence-electron chi connectivity index (χ2n) is 6.13. The van der Waals surface area contributed by atoms with Gasteiger partial charge in [0.05, 0.1) is 0 Å². The number of amides is 1. The quantitative estimate of drug-likeness (QED) is 0.892. The number of hydrogen-bond donors (Lipinski definition) is 2. The van der Waals surface area contributed by atoms with E-state index in [0.29, 0.717) is 18.9 Å². The van der Waals surface area contributed by atoms with Crippen LogP contribution in [0, 0.1) is 23.5 Å². The van der Waals surface area contributed by atoms with Crippen LogP contribution < -0.4 is 11.1 Å². The summed E-state index contributed by atoms with van der Waals surface area (Å²) in [5.41, 5.74) is 5.75. The van der Waals surface area contributed by atoms with Crippen molar-refractivity contribution >= 4 is 18.3 Å². The summed E-state index contributed by atoms with van der Waals surface area (Å²) in [6, 6.07) is 3.95. The van der Waals surface area contributed by atoms with Gasteiger partial charge < -0.3 is 11.1 Å². The van der Waals surface area contributed by atoms with Crippen LogP contribution in [0.3, 0.4) is 0 Å². The molecule has 0 aliphatic heterocycles. The summed E-state index contributed by atoms with van der Waals surface area (Å²) in [5, 5.41) is 3.02. The zero-order chi connectivity index (χ0) is 15.0. The second kappa shape index (κ2) is 6.92. The molecule has 2 fully saturated rings. The van der Waals surface area contributed by atoms with Crippen molar-refractivity contribution in [3.05, 3.63) is 35.4 Å². The number of carbonyl (C=O) groups excluding carboxylic acids is 1. The molecular weight excluding hydrogens is 310 g/mol. The van der Waals surface area contributed by atoms with Gasteiger partial charge in [0, 0.05) is 23.4 Å². The van der Waals surface area contributed by atoms with Crippen LogP contribution in [0.15, 0.2) is 18.2 Å². The molecule has 3 nitrogen and oxygen atoms in total. The maximum atomic E-state index is 13.7. The first-order valence-corrected chi connectivity index (χ1v) is 7.56. The van der Waals surface area contributed by atoms with Crippen LogP contribution in [-0.2, 0) is 4.79 Å². The summed E-state index contributed by atoms with van der Waals surface area (Å²) < 4.78 is 27.4. The molecule has 0 heterocycles. The number of nitrogens with one attached hydrogen (secondary N) is 1. The van der Waals surface area contributed by atoms with Crippen molar-refractivity contribution < 1.29 is 13.6 Å². The van der Waals surface area contributed by atoms with Crippen LogP contribution in [0.5, 0.6) is 0 Å². The van der Waals surface area contributed by atoms with E-state index < -0.39 is 11.6 Å². The van der Waals surface area contributed by atoms with Gasteiger partial charge in [-0.05, 0) is 43.9 Å². The van der Waals surface area contributed by atoms with Gasteiger partial charge in [-0.15, -0.1) is 12.4 Å². The zero-order valence-corrected chi connectivity index (χ0v) is 13.0. The van der Waals surface area contributed by atoms with Crippen LogP contribution >= 0.6 is 12.4 Å². The van der Waals surface area contributed by atoms with Gasteiger partial charge >= 0.3 is 0 Å². The third kappa shape index (κ3) is 3.25. The minimum absolute atomic E-state index is 0. The first kappa shape index (κ1) is 17.2. The number of hydrogen-bond acceptors (Lipinski definition) is 2. The number of benzene rings is 1. The van der Waals surface area contributed by atoms with Crippen molar-refractivity contribution in [1.82, 2.24) is 5.32 Å². The van der Waals surface area contributed by atoms with Crippen molar-refractivity contribution in [1.29, 1.82) is 0 Å². The van der Waals surface area contributed by atoms with E-state index in [0.717, 1.165) is 19.3 Å². The summed E-state index contributed by atoms with van der Waals surface area (Å²) in [6.45, 7) is 0.570. The highest BCUT2D eigenvalue weighted by atomic mass is 35.5. The first-order valence-electron chi connectivity index (χ1n) is 7.56. The van der Waals surface area contributed by atoms with Crippen molar-refractivity contribution in [2.75, 3.05) is 6.54 Å². The van der Waals surface area contributed by atoms with E-state index in [1.165, 1.54) is 18.2 Å². The minimum Gasteiger partial charge on any atom is -0.353 e. The second-order valence-corrected chi connectivity index (χ2v) is 6.13. The van der Waals surface area contributed by atoms with E-state index in [4.69, 9.17) is 5.73 Å². The lowest BCUT2D eigenvalue weighted by molar-refractivity contribution is -0.123. The fourth-order valence-corrected chi connectivity index (χ4v) is 3.47. The molecule has 2 aliphatic carbocycles. The SMILES string of the molecule is Cl.NCC1CCCC1NC(=O)C1CC1c1c(F)cccc1F. The Labute approximate surface area is 135 Å². The molecular formula is C16H21ClF2N2O. The van der Waals surface area contributed by atoms with Crippen LogP contribution in [0.1, 0.15) is 37.2 Å². The van der Waals surface area contributed by atoms with E-state index in [9.17, 15) is 13.6 Å². The molecule has 1 aromatic rings. The fraction of sp³-hybridized carbons (Fsp3) is 0.562. The Hall–Kier alpha value is -1.20. The highest BCUT2D eigenvalue weighted by Gasteiger charge is 2.47. The summed E-state index contributed by atoms with van der Waals surface area (Å²) >= 11 is 0. The van der Waals surface area contributed by atoms with Gasteiger partial charge in [0.1, 0.15) is 11.6 Å². The van der Waals surface area contributed by atoms with Gasteiger partial charge in [-0.3, -0.25) is 4.79 Å². The lowest BCUT2D eigenvalue weighted by Crippen LogP contribution is -2.40. The normalized spacial score (nSPS) is 29.8.